The molecule has 0 aliphatic heterocycles. The van der Waals surface area contributed by atoms with E-state index < -0.39 is 0 Å². The van der Waals surface area contributed by atoms with Gasteiger partial charge in [-0.3, -0.25) is 4.79 Å². The van der Waals surface area contributed by atoms with Crippen molar-refractivity contribution < 1.29 is 9.53 Å². The van der Waals surface area contributed by atoms with E-state index in [-0.39, 0.29) is 5.91 Å². The molecule has 0 bridgehead atoms. The Balaban J connectivity index is 1.79. The zero-order valence-corrected chi connectivity index (χ0v) is 10.9. The van der Waals surface area contributed by atoms with Gasteiger partial charge in [-0.25, -0.2) is 0 Å². The second-order valence-corrected chi connectivity index (χ2v) is 4.90. The van der Waals surface area contributed by atoms with Gasteiger partial charge in [-0.05, 0) is 30.9 Å². The Hall–Kier alpha value is -1.55. The molecule has 0 atom stereocenters. The number of carbonyl (C=O) groups is 1. The van der Waals surface area contributed by atoms with Crippen LogP contribution in [0.2, 0.25) is 0 Å². The van der Waals surface area contributed by atoms with Crippen LogP contribution in [-0.4, -0.2) is 25.6 Å². The van der Waals surface area contributed by atoms with Gasteiger partial charge < -0.3 is 15.4 Å². The number of methoxy groups -OCH3 is 1. The molecule has 1 amide bonds. The zero-order chi connectivity index (χ0) is 13.0. The molecule has 1 aromatic rings. The van der Waals surface area contributed by atoms with Gasteiger partial charge in [0.2, 0.25) is 5.91 Å². The Kier molecular flexibility index (Phi) is 4.20. The fourth-order valence-electron chi connectivity index (χ4n) is 2.25. The lowest BCUT2D eigenvalue weighted by Crippen LogP contribution is -2.43. The van der Waals surface area contributed by atoms with E-state index in [9.17, 15) is 4.79 Å². The molecule has 0 aromatic heterocycles. The zero-order valence-electron chi connectivity index (χ0n) is 10.9. The molecule has 0 spiro atoms. The molecule has 4 nitrogen and oxygen atoms in total. The summed E-state index contributed by atoms with van der Waals surface area (Å²) in [5.41, 5.74) is 0.716. The number of hydrogen-bond donors (Lipinski definition) is 2. The molecule has 1 fully saturated rings. The number of benzene rings is 1. The second-order valence-electron chi connectivity index (χ2n) is 4.90. The van der Waals surface area contributed by atoms with Crippen molar-refractivity contribution in [2.24, 2.45) is 5.92 Å². The van der Waals surface area contributed by atoms with Gasteiger partial charge in [-0.1, -0.05) is 19.1 Å². The number of amides is 1. The van der Waals surface area contributed by atoms with Crippen molar-refractivity contribution in [1.29, 1.82) is 0 Å². The summed E-state index contributed by atoms with van der Waals surface area (Å²) < 4.78 is 5.18. The fourth-order valence-corrected chi connectivity index (χ4v) is 2.25. The SMILES string of the molecule is COc1ccccc1NC(=O)CNC1CC(C)C1. The Labute approximate surface area is 108 Å². The molecule has 1 aliphatic rings. The van der Waals surface area contributed by atoms with Crippen LogP contribution in [0.25, 0.3) is 0 Å². The summed E-state index contributed by atoms with van der Waals surface area (Å²) in [6, 6.07) is 7.92. The third-order valence-electron chi connectivity index (χ3n) is 3.31. The van der Waals surface area contributed by atoms with Crippen LogP contribution in [0, 0.1) is 5.92 Å². The minimum Gasteiger partial charge on any atom is -0.495 e. The van der Waals surface area contributed by atoms with E-state index in [0.29, 0.717) is 24.0 Å². The van der Waals surface area contributed by atoms with Gasteiger partial charge in [0.05, 0.1) is 19.3 Å². The van der Waals surface area contributed by atoms with Gasteiger partial charge in [0.25, 0.3) is 0 Å². The van der Waals surface area contributed by atoms with Crippen LogP contribution in [0.1, 0.15) is 19.8 Å². The topological polar surface area (TPSA) is 50.4 Å². The van der Waals surface area contributed by atoms with E-state index in [4.69, 9.17) is 4.74 Å². The summed E-state index contributed by atoms with van der Waals surface area (Å²) in [5, 5.41) is 6.10. The van der Waals surface area contributed by atoms with E-state index in [0.717, 1.165) is 5.92 Å². The van der Waals surface area contributed by atoms with Gasteiger partial charge in [0, 0.05) is 6.04 Å². The molecule has 98 valence electrons. The molecule has 4 heteroatoms. The Morgan fingerprint density at radius 1 is 1.39 bits per heavy atom. The van der Waals surface area contributed by atoms with Crippen molar-refractivity contribution in [3.63, 3.8) is 0 Å². The average molecular weight is 248 g/mol. The summed E-state index contributed by atoms with van der Waals surface area (Å²) in [6.07, 6.45) is 2.34. The van der Waals surface area contributed by atoms with Gasteiger partial charge in [-0.2, -0.15) is 0 Å². The molecule has 0 saturated heterocycles. The van der Waals surface area contributed by atoms with Crippen molar-refractivity contribution in [2.75, 3.05) is 19.0 Å². The molecule has 2 rings (SSSR count). The van der Waals surface area contributed by atoms with Gasteiger partial charge in [-0.15, -0.1) is 0 Å². The normalized spacial score (nSPS) is 22.1. The first-order valence-corrected chi connectivity index (χ1v) is 6.35. The number of ether oxygens (including phenoxy) is 1. The predicted octanol–water partition coefficient (Wildman–Crippen LogP) is 2.02. The summed E-state index contributed by atoms with van der Waals surface area (Å²) in [4.78, 5) is 11.8. The van der Waals surface area contributed by atoms with E-state index in [2.05, 4.69) is 17.6 Å². The maximum absolute atomic E-state index is 11.8. The van der Waals surface area contributed by atoms with Crippen molar-refractivity contribution in [1.82, 2.24) is 5.32 Å². The standard InChI is InChI=1S/C14H20N2O2/c1-10-7-11(8-10)15-9-14(17)16-12-5-3-4-6-13(12)18-2/h3-6,10-11,15H,7-9H2,1-2H3,(H,16,17). The highest BCUT2D eigenvalue weighted by molar-refractivity contribution is 5.93. The van der Waals surface area contributed by atoms with E-state index in [1.54, 1.807) is 7.11 Å². The van der Waals surface area contributed by atoms with Gasteiger partial charge >= 0.3 is 0 Å². The highest BCUT2D eigenvalue weighted by atomic mass is 16.5. The van der Waals surface area contributed by atoms with Gasteiger partial charge in [0.1, 0.15) is 5.75 Å². The summed E-state index contributed by atoms with van der Waals surface area (Å²) in [6.45, 7) is 2.59. The van der Waals surface area contributed by atoms with Crippen molar-refractivity contribution >= 4 is 11.6 Å². The van der Waals surface area contributed by atoms with Crippen LogP contribution in [-0.2, 0) is 4.79 Å². The molecule has 0 radical (unpaired) electrons. The highest BCUT2D eigenvalue weighted by Gasteiger charge is 2.25. The lowest BCUT2D eigenvalue weighted by Gasteiger charge is -2.33. The van der Waals surface area contributed by atoms with Crippen LogP contribution < -0.4 is 15.4 Å². The fraction of sp³-hybridized carbons (Fsp3) is 0.500. The number of carbonyl (C=O) groups excluding carboxylic acids is 1. The molecule has 0 heterocycles. The molecule has 2 N–H and O–H groups in total. The summed E-state index contributed by atoms with van der Waals surface area (Å²) in [7, 11) is 1.60. The average Bonchev–Trinajstić information content (AvgIpc) is 2.34. The first kappa shape index (κ1) is 12.9. The lowest BCUT2D eigenvalue weighted by atomic mass is 9.82. The van der Waals surface area contributed by atoms with Crippen LogP contribution in [0.5, 0.6) is 5.75 Å². The first-order valence-electron chi connectivity index (χ1n) is 6.35. The Morgan fingerprint density at radius 2 is 2.11 bits per heavy atom. The molecule has 0 unspecified atom stereocenters. The monoisotopic (exact) mass is 248 g/mol. The first-order chi connectivity index (χ1) is 8.69. The van der Waals surface area contributed by atoms with Crippen LogP contribution in [0.15, 0.2) is 24.3 Å². The number of hydrogen-bond acceptors (Lipinski definition) is 3. The summed E-state index contributed by atoms with van der Waals surface area (Å²) in [5.74, 6) is 1.45. The molecular formula is C14H20N2O2. The van der Waals surface area contributed by atoms with E-state index in [1.165, 1.54) is 12.8 Å². The molecule has 1 aromatic carbocycles. The molecule has 18 heavy (non-hydrogen) atoms. The van der Waals surface area contributed by atoms with Crippen LogP contribution in [0.4, 0.5) is 5.69 Å². The van der Waals surface area contributed by atoms with Crippen molar-refractivity contribution in [3.05, 3.63) is 24.3 Å². The third kappa shape index (κ3) is 3.23. The Bertz CT molecular complexity index is 414. The van der Waals surface area contributed by atoms with Crippen molar-refractivity contribution in [2.45, 2.75) is 25.8 Å². The second kappa shape index (κ2) is 5.87. The number of rotatable bonds is 5. The summed E-state index contributed by atoms with van der Waals surface area (Å²) >= 11 is 0. The lowest BCUT2D eigenvalue weighted by molar-refractivity contribution is -0.115. The maximum atomic E-state index is 11.8. The molecular weight excluding hydrogens is 228 g/mol. The van der Waals surface area contributed by atoms with Crippen molar-refractivity contribution in [3.8, 4) is 5.75 Å². The molecule has 1 aliphatic carbocycles. The quantitative estimate of drug-likeness (QED) is 0.838. The smallest absolute Gasteiger partial charge is 0.238 e. The minimum absolute atomic E-state index is 0.0287. The van der Waals surface area contributed by atoms with E-state index in [1.807, 2.05) is 24.3 Å². The third-order valence-corrected chi connectivity index (χ3v) is 3.31. The Morgan fingerprint density at radius 3 is 2.78 bits per heavy atom. The highest BCUT2D eigenvalue weighted by Crippen LogP contribution is 2.26. The number of para-hydroxylation sites is 2. The van der Waals surface area contributed by atoms with E-state index >= 15 is 0 Å². The van der Waals surface area contributed by atoms with Gasteiger partial charge in [0.15, 0.2) is 0 Å². The number of anilines is 1. The van der Waals surface area contributed by atoms with Crippen LogP contribution >= 0.6 is 0 Å². The number of nitrogens with one attached hydrogen (secondary N) is 2. The van der Waals surface area contributed by atoms with Crippen LogP contribution in [0.3, 0.4) is 0 Å². The minimum atomic E-state index is -0.0287. The molecule has 1 saturated carbocycles. The maximum Gasteiger partial charge on any atom is 0.238 e. The largest absolute Gasteiger partial charge is 0.495 e. The predicted molar refractivity (Wildman–Crippen MR) is 71.8 cm³/mol.